The predicted octanol–water partition coefficient (Wildman–Crippen LogP) is 2.28. The quantitative estimate of drug-likeness (QED) is 0.836. The third-order valence-electron chi connectivity index (χ3n) is 4.40. The molecule has 0 bridgehead atoms. The fourth-order valence-electron chi connectivity index (χ4n) is 3.14. The third-order valence-corrected chi connectivity index (χ3v) is 4.40. The van der Waals surface area contributed by atoms with Crippen LogP contribution in [0.25, 0.3) is 0 Å². The number of likely N-dealkylation sites (tertiary alicyclic amines) is 1. The number of carbonyl (C=O) groups excluding carboxylic acids is 1. The highest BCUT2D eigenvalue weighted by molar-refractivity contribution is 5.83. The first kappa shape index (κ1) is 13.4. The van der Waals surface area contributed by atoms with Gasteiger partial charge in [0.2, 0.25) is 5.91 Å². The minimum atomic E-state index is -0.824. The molecule has 18 heavy (non-hydrogen) atoms. The van der Waals surface area contributed by atoms with Crippen molar-refractivity contribution in [3.63, 3.8) is 0 Å². The van der Waals surface area contributed by atoms with Crippen molar-refractivity contribution in [1.82, 2.24) is 4.90 Å². The molecule has 0 aromatic heterocycles. The minimum absolute atomic E-state index is 0.0319. The molecule has 1 atom stereocenters. The fourth-order valence-corrected chi connectivity index (χ4v) is 3.14. The second-order valence-electron chi connectivity index (χ2n) is 5.70. The zero-order valence-electron chi connectivity index (χ0n) is 10.9. The van der Waals surface area contributed by atoms with Crippen LogP contribution in [0.3, 0.4) is 0 Å². The molecule has 102 valence electrons. The average molecular weight is 253 g/mol. The van der Waals surface area contributed by atoms with E-state index in [0.29, 0.717) is 13.0 Å². The smallest absolute Gasteiger partial charge is 0.307 e. The maximum atomic E-state index is 11.8. The van der Waals surface area contributed by atoms with Gasteiger partial charge >= 0.3 is 5.97 Å². The molecule has 0 aromatic rings. The van der Waals surface area contributed by atoms with E-state index < -0.39 is 11.9 Å². The summed E-state index contributed by atoms with van der Waals surface area (Å²) in [5, 5.41) is 8.91. The summed E-state index contributed by atoms with van der Waals surface area (Å²) in [4.78, 5) is 24.6. The van der Waals surface area contributed by atoms with Crippen molar-refractivity contribution >= 4 is 11.9 Å². The molecule has 2 aliphatic rings. The normalized spacial score (nSPS) is 26.3. The molecule has 0 aromatic carbocycles. The number of piperidine rings is 1. The largest absolute Gasteiger partial charge is 0.481 e. The van der Waals surface area contributed by atoms with Gasteiger partial charge in [0.15, 0.2) is 0 Å². The lowest BCUT2D eigenvalue weighted by molar-refractivity contribution is -0.149. The summed E-state index contributed by atoms with van der Waals surface area (Å²) in [7, 11) is 0. The second kappa shape index (κ2) is 6.21. The number of rotatable bonds is 4. The van der Waals surface area contributed by atoms with Crippen LogP contribution in [0.5, 0.6) is 0 Å². The lowest BCUT2D eigenvalue weighted by atomic mass is 9.86. The van der Waals surface area contributed by atoms with E-state index in [0.717, 1.165) is 18.9 Å². The van der Waals surface area contributed by atoms with Gasteiger partial charge in [0.1, 0.15) is 0 Å². The van der Waals surface area contributed by atoms with Crippen LogP contribution < -0.4 is 0 Å². The predicted molar refractivity (Wildman–Crippen MR) is 68.1 cm³/mol. The van der Waals surface area contributed by atoms with Crippen LogP contribution >= 0.6 is 0 Å². The molecule has 1 N–H and O–H groups in total. The summed E-state index contributed by atoms with van der Waals surface area (Å²) in [5.41, 5.74) is 0. The monoisotopic (exact) mass is 253 g/mol. The minimum Gasteiger partial charge on any atom is -0.481 e. The molecule has 1 aliphatic heterocycles. The molecular formula is C14H23NO3. The van der Waals surface area contributed by atoms with Crippen molar-refractivity contribution in [2.45, 2.75) is 51.4 Å². The lowest BCUT2D eigenvalue weighted by Crippen LogP contribution is -2.41. The molecule has 1 unspecified atom stereocenters. The molecule has 0 radical (unpaired) electrons. The van der Waals surface area contributed by atoms with Gasteiger partial charge in [-0.25, -0.2) is 0 Å². The molecular weight excluding hydrogens is 230 g/mol. The van der Waals surface area contributed by atoms with Crippen LogP contribution in [0.2, 0.25) is 0 Å². The Hall–Kier alpha value is -1.06. The van der Waals surface area contributed by atoms with Crippen molar-refractivity contribution < 1.29 is 14.7 Å². The van der Waals surface area contributed by atoms with Gasteiger partial charge in [-0.05, 0) is 18.8 Å². The number of hydrogen-bond acceptors (Lipinski definition) is 2. The maximum Gasteiger partial charge on any atom is 0.307 e. The summed E-state index contributed by atoms with van der Waals surface area (Å²) >= 11 is 0. The number of carboxylic acid groups (broad SMARTS) is 1. The van der Waals surface area contributed by atoms with Crippen molar-refractivity contribution in [3.8, 4) is 0 Å². The Kier molecular flexibility index (Phi) is 4.61. The van der Waals surface area contributed by atoms with Crippen LogP contribution in [0, 0.1) is 11.8 Å². The van der Waals surface area contributed by atoms with Gasteiger partial charge in [0.25, 0.3) is 0 Å². The molecule has 1 amide bonds. The molecule has 1 heterocycles. The number of amides is 1. The lowest BCUT2D eigenvalue weighted by Gasteiger charge is -2.32. The van der Waals surface area contributed by atoms with Crippen LogP contribution in [-0.4, -0.2) is 35.0 Å². The first-order chi connectivity index (χ1) is 8.66. The number of carboxylic acids is 1. The molecule has 1 aliphatic carbocycles. The summed E-state index contributed by atoms with van der Waals surface area (Å²) in [6.45, 7) is 1.46. The summed E-state index contributed by atoms with van der Waals surface area (Å²) in [5.74, 6) is -0.466. The van der Waals surface area contributed by atoms with Crippen LogP contribution in [0.1, 0.15) is 51.4 Å². The second-order valence-corrected chi connectivity index (χ2v) is 5.70. The highest BCUT2D eigenvalue weighted by Gasteiger charge is 2.30. The Balaban J connectivity index is 1.73. The van der Waals surface area contributed by atoms with Crippen molar-refractivity contribution in [1.29, 1.82) is 0 Å². The van der Waals surface area contributed by atoms with Gasteiger partial charge < -0.3 is 10.0 Å². The SMILES string of the molecule is O=C(O)C1CCN(CCC2CCCCC2)C(=O)C1. The Morgan fingerprint density at radius 2 is 1.94 bits per heavy atom. The van der Waals surface area contributed by atoms with Crippen molar-refractivity contribution in [3.05, 3.63) is 0 Å². The zero-order valence-corrected chi connectivity index (χ0v) is 10.9. The van der Waals surface area contributed by atoms with Crippen molar-refractivity contribution in [2.75, 3.05) is 13.1 Å². The number of nitrogens with zero attached hydrogens (tertiary/aromatic N) is 1. The Morgan fingerprint density at radius 1 is 1.22 bits per heavy atom. The third kappa shape index (κ3) is 3.47. The first-order valence-corrected chi connectivity index (χ1v) is 7.17. The molecule has 2 rings (SSSR count). The van der Waals surface area contributed by atoms with Gasteiger partial charge in [-0.15, -0.1) is 0 Å². The van der Waals surface area contributed by atoms with E-state index in [4.69, 9.17) is 5.11 Å². The van der Waals surface area contributed by atoms with Gasteiger partial charge in [0, 0.05) is 19.5 Å². The molecule has 1 saturated carbocycles. The number of aliphatic carboxylic acids is 1. The highest BCUT2D eigenvalue weighted by atomic mass is 16.4. The summed E-state index contributed by atoms with van der Waals surface area (Å²) < 4.78 is 0. The van der Waals surface area contributed by atoms with E-state index in [9.17, 15) is 9.59 Å². The van der Waals surface area contributed by atoms with Crippen LogP contribution in [-0.2, 0) is 9.59 Å². The molecule has 0 spiro atoms. The van der Waals surface area contributed by atoms with Crippen LogP contribution in [0.4, 0.5) is 0 Å². The van der Waals surface area contributed by atoms with Gasteiger partial charge in [-0.1, -0.05) is 32.1 Å². The Bertz CT molecular complexity index is 310. The van der Waals surface area contributed by atoms with E-state index in [1.165, 1.54) is 32.1 Å². The highest BCUT2D eigenvalue weighted by Crippen LogP contribution is 2.27. The van der Waals surface area contributed by atoms with E-state index in [1.54, 1.807) is 0 Å². The van der Waals surface area contributed by atoms with Crippen molar-refractivity contribution in [2.24, 2.45) is 11.8 Å². The molecule has 2 fully saturated rings. The average Bonchev–Trinajstić information content (AvgIpc) is 2.38. The fraction of sp³-hybridized carbons (Fsp3) is 0.857. The standard InChI is InChI=1S/C14H23NO3/c16-13-10-12(14(17)18)7-9-15(13)8-6-11-4-2-1-3-5-11/h11-12H,1-10H2,(H,17,18). The summed E-state index contributed by atoms with van der Waals surface area (Å²) in [6.07, 6.45) is 8.55. The van der Waals surface area contributed by atoms with E-state index in [1.807, 2.05) is 4.90 Å². The molecule has 4 nitrogen and oxygen atoms in total. The topological polar surface area (TPSA) is 57.6 Å². The van der Waals surface area contributed by atoms with Crippen LogP contribution in [0.15, 0.2) is 0 Å². The molecule has 1 saturated heterocycles. The Morgan fingerprint density at radius 3 is 2.56 bits per heavy atom. The number of hydrogen-bond donors (Lipinski definition) is 1. The zero-order chi connectivity index (χ0) is 13.0. The summed E-state index contributed by atoms with van der Waals surface area (Å²) in [6, 6.07) is 0. The maximum absolute atomic E-state index is 11.8. The van der Waals surface area contributed by atoms with E-state index in [-0.39, 0.29) is 12.3 Å². The van der Waals surface area contributed by atoms with E-state index >= 15 is 0 Å². The Labute approximate surface area is 108 Å². The van der Waals surface area contributed by atoms with Gasteiger partial charge in [-0.3, -0.25) is 9.59 Å². The van der Waals surface area contributed by atoms with E-state index in [2.05, 4.69) is 0 Å². The van der Waals surface area contributed by atoms with Gasteiger partial charge in [0.05, 0.1) is 5.92 Å². The number of carbonyl (C=O) groups is 2. The first-order valence-electron chi connectivity index (χ1n) is 7.17. The molecule has 4 heteroatoms. The van der Waals surface area contributed by atoms with Gasteiger partial charge in [-0.2, -0.15) is 0 Å².